The summed E-state index contributed by atoms with van der Waals surface area (Å²) >= 11 is 1.49. The number of methoxy groups -OCH3 is 1. The van der Waals surface area contributed by atoms with Crippen LogP contribution in [0.4, 0.5) is 4.39 Å². The number of rotatable bonds is 11. The highest BCUT2D eigenvalue weighted by molar-refractivity contribution is 7.99. The molecule has 0 bridgehead atoms. The van der Waals surface area contributed by atoms with E-state index >= 15 is 0 Å². The van der Waals surface area contributed by atoms with Gasteiger partial charge in [0.15, 0.2) is 0 Å². The van der Waals surface area contributed by atoms with Crippen LogP contribution in [0.5, 0.6) is 5.75 Å². The number of amides is 2. The second-order valence-electron chi connectivity index (χ2n) is 7.48. The Morgan fingerprint density at radius 1 is 1.06 bits per heavy atom. The lowest BCUT2D eigenvalue weighted by Gasteiger charge is -2.29. The minimum absolute atomic E-state index is 0.0298. The maximum atomic E-state index is 13.3. The Labute approximate surface area is 188 Å². The van der Waals surface area contributed by atoms with Crippen molar-refractivity contribution in [2.45, 2.75) is 51.6 Å². The normalized spacial score (nSPS) is 12.7. The molecule has 0 unspecified atom stereocenters. The molecule has 2 atom stereocenters. The van der Waals surface area contributed by atoms with E-state index in [1.807, 2.05) is 38.1 Å². The summed E-state index contributed by atoms with van der Waals surface area (Å²) in [6.45, 7) is 5.90. The molecule has 0 aliphatic rings. The van der Waals surface area contributed by atoms with Gasteiger partial charge in [-0.3, -0.25) is 9.59 Å². The molecule has 1 N–H and O–H groups in total. The maximum absolute atomic E-state index is 13.3. The van der Waals surface area contributed by atoms with Gasteiger partial charge in [-0.15, -0.1) is 11.8 Å². The van der Waals surface area contributed by atoms with Crippen LogP contribution in [0.3, 0.4) is 0 Å². The summed E-state index contributed by atoms with van der Waals surface area (Å²) < 4.78 is 18.4. The summed E-state index contributed by atoms with van der Waals surface area (Å²) in [5.41, 5.74) is 1.87. The van der Waals surface area contributed by atoms with E-state index in [1.165, 1.54) is 23.9 Å². The van der Waals surface area contributed by atoms with Crippen molar-refractivity contribution in [3.05, 3.63) is 65.5 Å². The molecule has 2 aromatic rings. The van der Waals surface area contributed by atoms with E-state index < -0.39 is 6.04 Å². The van der Waals surface area contributed by atoms with Gasteiger partial charge in [0.25, 0.3) is 0 Å². The molecular formula is C24H31FN2O3S. The van der Waals surface area contributed by atoms with E-state index in [4.69, 9.17) is 4.74 Å². The first kappa shape index (κ1) is 24.7. The van der Waals surface area contributed by atoms with Crippen molar-refractivity contribution in [1.82, 2.24) is 10.2 Å². The van der Waals surface area contributed by atoms with Crippen molar-refractivity contribution in [1.29, 1.82) is 0 Å². The highest BCUT2D eigenvalue weighted by Gasteiger charge is 2.26. The molecule has 2 aromatic carbocycles. The number of nitrogens with zero attached hydrogens (tertiary/aromatic N) is 1. The lowest BCUT2D eigenvalue weighted by atomic mass is 10.1. The Morgan fingerprint density at radius 2 is 1.68 bits per heavy atom. The summed E-state index contributed by atoms with van der Waals surface area (Å²) in [5.74, 6) is 1.05. The average Bonchev–Trinajstić information content (AvgIpc) is 2.78. The van der Waals surface area contributed by atoms with Gasteiger partial charge in [0.05, 0.1) is 12.9 Å². The minimum atomic E-state index is -0.631. The van der Waals surface area contributed by atoms with Crippen molar-refractivity contribution >= 4 is 23.6 Å². The van der Waals surface area contributed by atoms with Crippen LogP contribution in [0.25, 0.3) is 0 Å². The Morgan fingerprint density at radius 3 is 2.26 bits per heavy atom. The van der Waals surface area contributed by atoms with E-state index in [0.29, 0.717) is 5.75 Å². The predicted molar refractivity (Wildman–Crippen MR) is 123 cm³/mol. The number of hydrogen-bond acceptors (Lipinski definition) is 4. The second-order valence-corrected chi connectivity index (χ2v) is 8.47. The quantitative estimate of drug-likeness (QED) is 0.556. The van der Waals surface area contributed by atoms with Crippen LogP contribution in [0.2, 0.25) is 0 Å². The number of nitrogens with one attached hydrogen (secondary N) is 1. The number of carbonyl (C=O) groups is 2. The van der Waals surface area contributed by atoms with E-state index in [0.717, 1.165) is 23.3 Å². The van der Waals surface area contributed by atoms with Crippen LogP contribution >= 0.6 is 11.8 Å². The predicted octanol–water partition coefficient (Wildman–Crippen LogP) is 4.40. The van der Waals surface area contributed by atoms with Crippen molar-refractivity contribution < 1.29 is 18.7 Å². The SMILES string of the molecule is CC[C@H](C)NC(=O)[C@H](C)N(Cc1ccc(F)cc1)C(=O)CSCc1ccc(OC)cc1. The standard InChI is InChI=1S/C24H31FN2O3S/c1-5-17(2)26-24(29)18(3)27(14-19-6-10-21(25)11-7-19)23(28)16-31-15-20-8-12-22(30-4)13-9-20/h6-13,17-18H,5,14-16H2,1-4H3,(H,26,29)/t17-,18-/m0/s1. The molecule has 5 nitrogen and oxygen atoms in total. The molecule has 0 aromatic heterocycles. The smallest absolute Gasteiger partial charge is 0.242 e. The summed E-state index contributed by atoms with van der Waals surface area (Å²) in [6.07, 6.45) is 0.808. The highest BCUT2D eigenvalue weighted by atomic mass is 32.2. The zero-order chi connectivity index (χ0) is 22.8. The van der Waals surface area contributed by atoms with Crippen LogP contribution in [0, 0.1) is 5.82 Å². The number of ether oxygens (including phenoxy) is 1. The van der Waals surface area contributed by atoms with E-state index in [9.17, 15) is 14.0 Å². The first-order valence-electron chi connectivity index (χ1n) is 10.4. The van der Waals surface area contributed by atoms with Gasteiger partial charge in [-0.2, -0.15) is 0 Å². The van der Waals surface area contributed by atoms with E-state index in [2.05, 4.69) is 5.32 Å². The third-order valence-electron chi connectivity index (χ3n) is 5.09. The Hall–Kier alpha value is -2.54. The number of halogens is 1. The fourth-order valence-electron chi connectivity index (χ4n) is 2.90. The molecule has 0 saturated carbocycles. The monoisotopic (exact) mass is 446 g/mol. The molecule has 0 heterocycles. The Kier molecular flexibility index (Phi) is 9.85. The highest BCUT2D eigenvalue weighted by Crippen LogP contribution is 2.18. The van der Waals surface area contributed by atoms with E-state index in [-0.39, 0.29) is 36.0 Å². The molecule has 7 heteroatoms. The summed E-state index contributed by atoms with van der Waals surface area (Å²) in [6, 6.07) is 13.1. The first-order chi connectivity index (χ1) is 14.8. The van der Waals surface area contributed by atoms with Gasteiger partial charge >= 0.3 is 0 Å². The molecule has 0 radical (unpaired) electrons. The van der Waals surface area contributed by atoms with Gasteiger partial charge in [0.1, 0.15) is 17.6 Å². The van der Waals surface area contributed by atoms with Crippen molar-refractivity contribution in [3.8, 4) is 5.75 Å². The van der Waals surface area contributed by atoms with Crippen LogP contribution in [0.1, 0.15) is 38.3 Å². The van der Waals surface area contributed by atoms with Gasteiger partial charge in [-0.05, 0) is 55.7 Å². The van der Waals surface area contributed by atoms with Gasteiger partial charge in [-0.25, -0.2) is 4.39 Å². The van der Waals surface area contributed by atoms with Crippen molar-refractivity contribution in [3.63, 3.8) is 0 Å². The minimum Gasteiger partial charge on any atom is -0.497 e. The summed E-state index contributed by atoms with van der Waals surface area (Å²) in [4.78, 5) is 27.3. The maximum Gasteiger partial charge on any atom is 0.242 e. The third-order valence-corrected chi connectivity index (χ3v) is 6.08. The van der Waals surface area contributed by atoms with Crippen LogP contribution in [-0.4, -0.2) is 41.7 Å². The Balaban J connectivity index is 2.04. The molecule has 0 aliphatic carbocycles. The molecule has 2 amide bonds. The number of thioether (sulfide) groups is 1. The molecule has 31 heavy (non-hydrogen) atoms. The lowest BCUT2D eigenvalue weighted by Crippen LogP contribution is -2.50. The van der Waals surface area contributed by atoms with Crippen LogP contribution in [0.15, 0.2) is 48.5 Å². The molecule has 0 spiro atoms. The van der Waals surface area contributed by atoms with Gasteiger partial charge in [0, 0.05) is 18.3 Å². The van der Waals surface area contributed by atoms with Crippen LogP contribution < -0.4 is 10.1 Å². The van der Waals surface area contributed by atoms with E-state index in [1.54, 1.807) is 31.1 Å². The summed E-state index contributed by atoms with van der Waals surface area (Å²) in [7, 11) is 1.62. The lowest BCUT2D eigenvalue weighted by molar-refractivity contribution is -0.138. The fourth-order valence-corrected chi connectivity index (χ4v) is 3.77. The van der Waals surface area contributed by atoms with Crippen LogP contribution in [-0.2, 0) is 21.9 Å². The van der Waals surface area contributed by atoms with Crippen molar-refractivity contribution in [2.24, 2.45) is 0 Å². The average molecular weight is 447 g/mol. The number of hydrogen-bond donors (Lipinski definition) is 1. The first-order valence-corrected chi connectivity index (χ1v) is 11.5. The zero-order valence-corrected chi connectivity index (χ0v) is 19.4. The molecule has 0 aliphatic heterocycles. The van der Waals surface area contributed by atoms with Gasteiger partial charge in [-0.1, -0.05) is 31.2 Å². The third kappa shape index (κ3) is 7.90. The molecule has 0 fully saturated rings. The molecule has 2 rings (SSSR count). The number of carbonyl (C=O) groups excluding carboxylic acids is 2. The largest absolute Gasteiger partial charge is 0.497 e. The van der Waals surface area contributed by atoms with Gasteiger partial charge < -0.3 is 15.0 Å². The molecule has 0 saturated heterocycles. The Bertz CT molecular complexity index is 843. The zero-order valence-electron chi connectivity index (χ0n) is 18.6. The summed E-state index contributed by atoms with van der Waals surface area (Å²) in [5, 5.41) is 2.94. The topological polar surface area (TPSA) is 58.6 Å². The van der Waals surface area contributed by atoms with Gasteiger partial charge in [0.2, 0.25) is 11.8 Å². The van der Waals surface area contributed by atoms with Crippen molar-refractivity contribution in [2.75, 3.05) is 12.9 Å². The number of benzene rings is 2. The fraction of sp³-hybridized carbons (Fsp3) is 0.417. The molecular weight excluding hydrogens is 415 g/mol. The second kappa shape index (κ2) is 12.3. The molecule has 168 valence electrons.